The Morgan fingerprint density at radius 1 is 1.12 bits per heavy atom. The SMILES string of the molecule is O=C(Cc1cccc(C(F)(F)F)c1)NCCCc1nc2ccccc2s1. The molecular weight excluding hydrogens is 361 g/mol. The van der Waals surface area contributed by atoms with Crippen LogP contribution in [0, 0.1) is 0 Å². The minimum atomic E-state index is -4.40. The van der Waals surface area contributed by atoms with Gasteiger partial charge in [0, 0.05) is 13.0 Å². The second-order valence-electron chi connectivity index (χ2n) is 5.90. The summed E-state index contributed by atoms with van der Waals surface area (Å²) < 4.78 is 39.2. The van der Waals surface area contributed by atoms with E-state index in [1.165, 1.54) is 12.1 Å². The quantitative estimate of drug-likeness (QED) is 0.637. The van der Waals surface area contributed by atoms with Gasteiger partial charge in [-0.1, -0.05) is 30.3 Å². The number of aromatic nitrogens is 1. The number of nitrogens with zero attached hydrogens (tertiary/aromatic N) is 1. The molecule has 0 aliphatic heterocycles. The van der Waals surface area contributed by atoms with Crippen molar-refractivity contribution < 1.29 is 18.0 Å². The summed E-state index contributed by atoms with van der Waals surface area (Å²) in [6.45, 7) is 0.466. The number of carbonyl (C=O) groups is 1. The Morgan fingerprint density at radius 3 is 2.69 bits per heavy atom. The van der Waals surface area contributed by atoms with E-state index in [0.717, 1.165) is 40.2 Å². The summed E-state index contributed by atoms with van der Waals surface area (Å²) in [6, 6.07) is 12.8. The Bertz CT molecular complexity index is 872. The molecule has 3 aromatic rings. The van der Waals surface area contributed by atoms with Gasteiger partial charge in [-0.3, -0.25) is 4.79 Å². The molecule has 0 saturated heterocycles. The van der Waals surface area contributed by atoms with Crippen LogP contribution < -0.4 is 5.32 Å². The maximum atomic E-state index is 12.7. The lowest BCUT2D eigenvalue weighted by Gasteiger charge is -2.09. The Labute approximate surface area is 152 Å². The molecule has 136 valence electrons. The molecule has 0 radical (unpaired) electrons. The van der Waals surface area contributed by atoms with Crippen LogP contribution in [0.25, 0.3) is 10.2 Å². The number of amides is 1. The zero-order valence-corrected chi connectivity index (χ0v) is 14.7. The molecule has 2 aromatic carbocycles. The van der Waals surface area contributed by atoms with E-state index in [2.05, 4.69) is 10.3 Å². The molecule has 0 saturated carbocycles. The van der Waals surface area contributed by atoms with Crippen molar-refractivity contribution in [3.63, 3.8) is 0 Å². The first-order chi connectivity index (χ1) is 12.4. The number of alkyl halides is 3. The number of para-hydroxylation sites is 1. The number of halogens is 3. The molecule has 0 unspecified atom stereocenters. The fourth-order valence-electron chi connectivity index (χ4n) is 2.60. The number of thiazole rings is 1. The van der Waals surface area contributed by atoms with Gasteiger partial charge >= 0.3 is 6.18 Å². The molecule has 1 N–H and O–H groups in total. The van der Waals surface area contributed by atoms with Crippen molar-refractivity contribution in [3.05, 3.63) is 64.7 Å². The van der Waals surface area contributed by atoms with Crippen LogP contribution in [0.15, 0.2) is 48.5 Å². The number of carbonyl (C=O) groups excluding carboxylic acids is 1. The molecule has 26 heavy (non-hydrogen) atoms. The molecule has 1 heterocycles. The molecule has 1 amide bonds. The van der Waals surface area contributed by atoms with Gasteiger partial charge in [-0.25, -0.2) is 4.98 Å². The highest BCUT2D eigenvalue weighted by atomic mass is 32.1. The molecule has 3 rings (SSSR count). The number of rotatable bonds is 6. The predicted octanol–water partition coefficient (Wildman–Crippen LogP) is 4.61. The van der Waals surface area contributed by atoms with Gasteiger partial charge in [-0.05, 0) is 30.2 Å². The van der Waals surface area contributed by atoms with Crippen LogP contribution in [-0.4, -0.2) is 17.4 Å². The van der Waals surface area contributed by atoms with Crippen LogP contribution in [-0.2, 0) is 23.8 Å². The fraction of sp³-hybridized carbons (Fsp3) is 0.263. The van der Waals surface area contributed by atoms with E-state index in [-0.39, 0.29) is 12.3 Å². The summed E-state index contributed by atoms with van der Waals surface area (Å²) >= 11 is 1.63. The lowest BCUT2D eigenvalue weighted by atomic mass is 10.1. The van der Waals surface area contributed by atoms with Gasteiger partial charge in [0.1, 0.15) is 0 Å². The van der Waals surface area contributed by atoms with Crippen molar-refractivity contribution in [1.82, 2.24) is 10.3 Å². The average Bonchev–Trinajstić information content (AvgIpc) is 3.01. The largest absolute Gasteiger partial charge is 0.416 e. The topological polar surface area (TPSA) is 42.0 Å². The van der Waals surface area contributed by atoms with Crippen molar-refractivity contribution in [2.24, 2.45) is 0 Å². The third-order valence-corrected chi connectivity index (χ3v) is 4.94. The van der Waals surface area contributed by atoms with Crippen LogP contribution in [0.1, 0.15) is 22.6 Å². The Hall–Kier alpha value is -2.41. The number of hydrogen-bond donors (Lipinski definition) is 1. The Balaban J connectivity index is 1.45. The summed E-state index contributed by atoms with van der Waals surface area (Å²) in [7, 11) is 0. The maximum absolute atomic E-state index is 12.7. The second kappa shape index (κ2) is 7.86. The standard InChI is InChI=1S/C19H17F3N2OS/c20-19(21,22)14-6-3-5-13(11-14)12-17(25)23-10-4-9-18-24-15-7-1-2-8-16(15)26-18/h1-3,5-8,11H,4,9-10,12H2,(H,23,25). The summed E-state index contributed by atoms with van der Waals surface area (Å²) in [6.07, 6.45) is -2.98. The second-order valence-corrected chi connectivity index (χ2v) is 7.02. The van der Waals surface area contributed by atoms with Crippen molar-refractivity contribution in [1.29, 1.82) is 0 Å². The van der Waals surface area contributed by atoms with E-state index in [1.807, 2.05) is 24.3 Å². The maximum Gasteiger partial charge on any atom is 0.416 e. The van der Waals surface area contributed by atoms with Gasteiger partial charge in [0.15, 0.2) is 0 Å². The molecular formula is C19H17F3N2OS. The molecule has 3 nitrogen and oxygen atoms in total. The van der Waals surface area contributed by atoms with E-state index in [0.29, 0.717) is 12.1 Å². The predicted molar refractivity (Wildman–Crippen MR) is 96.1 cm³/mol. The molecule has 0 spiro atoms. The minimum absolute atomic E-state index is 0.0644. The lowest BCUT2D eigenvalue weighted by Crippen LogP contribution is -2.26. The van der Waals surface area contributed by atoms with Crippen molar-refractivity contribution >= 4 is 27.5 Å². The molecule has 0 fully saturated rings. The van der Waals surface area contributed by atoms with E-state index in [1.54, 1.807) is 11.3 Å². The van der Waals surface area contributed by atoms with Crippen LogP contribution in [0.3, 0.4) is 0 Å². The van der Waals surface area contributed by atoms with Gasteiger partial charge in [-0.2, -0.15) is 13.2 Å². The van der Waals surface area contributed by atoms with Crippen LogP contribution in [0.5, 0.6) is 0 Å². The fourth-order valence-corrected chi connectivity index (χ4v) is 3.61. The highest BCUT2D eigenvalue weighted by Crippen LogP contribution is 2.29. The molecule has 0 atom stereocenters. The van der Waals surface area contributed by atoms with E-state index in [4.69, 9.17) is 0 Å². The summed E-state index contributed by atoms with van der Waals surface area (Å²) in [5, 5.41) is 3.76. The van der Waals surface area contributed by atoms with Gasteiger partial charge in [0.2, 0.25) is 5.91 Å². The first-order valence-electron chi connectivity index (χ1n) is 8.19. The van der Waals surface area contributed by atoms with Crippen LogP contribution >= 0.6 is 11.3 Å². The molecule has 0 aliphatic rings. The van der Waals surface area contributed by atoms with Crippen LogP contribution in [0.4, 0.5) is 13.2 Å². The van der Waals surface area contributed by atoms with Gasteiger partial charge in [0.05, 0.1) is 27.2 Å². The highest BCUT2D eigenvalue weighted by molar-refractivity contribution is 7.18. The molecule has 0 bridgehead atoms. The van der Waals surface area contributed by atoms with Crippen LogP contribution in [0.2, 0.25) is 0 Å². The van der Waals surface area contributed by atoms with Crippen molar-refractivity contribution in [3.8, 4) is 0 Å². The monoisotopic (exact) mass is 378 g/mol. The number of benzene rings is 2. The van der Waals surface area contributed by atoms with Crippen molar-refractivity contribution in [2.75, 3.05) is 6.54 Å². The Morgan fingerprint density at radius 2 is 1.92 bits per heavy atom. The zero-order chi connectivity index (χ0) is 18.6. The molecule has 0 aliphatic carbocycles. The number of fused-ring (bicyclic) bond motifs is 1. The van der Waals surface area contributed by atoms with Gasteiger partial charge in [0.25, 0.3) is 0 Å². The highest BCUT2D eigenvalue weighted by Gasteiger charge is 2.30. The number of aryl methyl sites for hydroxylation is 1. The molecule has 1 aromatic heterocycles. The smallest absolute Gasteiger partial charge is 0.356 e. The lowest BCUT2D eigenvalue weighted by molar-refractivity contribution is -0.137. The van der Waals surface area contributed by atoms with E-state index in [9.17, 15) is 18.0 Å². The first kappa shape index (κ1) is 18.4. The summed E-state index contributed by atoms with van der Waals surface area (Å²) in [5.41, 5.74) is 0.586. The van der Waals surface area contributed by atoms with Gasteiger partial charge in [-0.15, -0.1) is 11.3 Å². The third kappa shape index (κ3) is 4.82. The van der Waals surface area contributed by atoms with E-state index >= 15 is 0 Å². The van der Waals surface area contributed by atoms with Crippen molar-refractivity contribution in [2.45, 2.75) is 25.4 Å². The van der Waals surface area contributed by atoms with E-state index < -0.39 is 11.7 Å². The van der Waals surface area contributed by atoms with Gasteiger partial charge < -0.3 is 5.32 Å². The molecule has 7 heteroatoms. The average molecular weight is 378 g/mol. The summed E-state index contributed by atoms with van der Waals surface area (Å²) in [4.78, 5) is 16.4. The number of hydrogen-bond acceptors (Lipinski definition) is 3. The zero-order valence-electron chi connectivity index (χ0n) is 13.8. The third-order valence-electron chi connectivity index (χ3n) is 3.85. The normalized spacial score (nSPS) is 11.7. The number of nitrogens with one attached hydrogen (secondary N) is 1. The Kier molecular flexibility index (Phi) is 5.56. The first-order valence-corrected chi connectivity index (χ1v) is 9.01. The minimum Gasteiger partial charge on any atom is -0.356 e. The summed E-state index contributed by atoms with van der Waals surface area (Å²) in [5.74, 6) is -0.284.